The zero-order chi connectivity index (χ0) is 12.7. The third-order valence-corrected chi connectivity index (χ3v) is 3.38. The first kappa shape index (κ1) is 11.2. The van der Waals surface area contributed by atoms with Crippen LogP contribution in [0.15, 0.2) is 36.4 Å². The van der Waals surface area contributed by atoms with Crippen molar-refractivity contribution in [3.63, 3.8) is 0 Å². The van der Waals surface area contributed by atoms with Crippen molar-refractivity contribution in [2.75, 3.05) is 0 Å². The average Bonchev–Trinajstić information content (AvgIpc) is 2.79. The van der Waals surface area contributed by atoms with E-state index in [1.54, 1.807) is 18.2 Å². The zero-order valence-corrected chi connectivity index (χ0v) is 10.4. The molecular formula is C14H10ClFN2. The second-order valence-electron chi connectivity index (χ2n) is 4.13. The summed E-state index contributed by atoms with van der Waals surface area (Å²) >= 11 is 6.05. The van der Waals surface area contributed by atoms with Gasteiger partial charge < -0.3 is 4.98 Å². The van der Waals surface area contributed by atoms with Crippen LogP contribution in [0.1, 0.15) is 5.56 Å². The summed E-state index contributed by atoms with van der Waals surface area (Å²) in [5, 5.41) is 0.661. The molecule has 1 aromatic heterocycles. The number of hydrogen-bond acceptors (Lipinski definition) is 1. The highest BCUT2D eigenvalue weighted by molar-refractivity contribution is 6.32. The van der Waals surface area contributed by atoms with Gasteiger partial charge in [-0.05, 0) is 36.8 Å². The molecule has 18 heavy (non-hydrogen) atoms. The summed E-state index contributed by atoms with van der Waals surface area (Å²) < 4.78 is 13.7. The van der Waals surface area contributed by atoms with Gasteiger partial charge in [-0.1, -0.05) is 23.7 Å². The lowest BCUT2D eigenvalue weighted by Gasteiger charge is -1.97. The molecule has 0 saturated carbocycles. The fraction of sp³-hybridized carbons (Fsp3) is 0.0714. The maximum Gasteiger partial charge on any atom is 0.141 e. The Kier molecular flexibility index (Phi) is 2.56. The van der Waals surface area contributed by atoms with Crippen LogP contribution in [0, 0.1) is 12.7 Å². The van der Waals surface area contributed by atoms with Gasteiger partial charge in [0.05, 0.1) is 16.6 Å². The van der Waals surface area contributed by atoms with Gasteiger partial charge in [0.2, 0.25) is 0 Å². The van der Waals surface area contributed by atoms with E-state index in [4.69, 9.17) is 11.6 Å². The highest BCUT2D eigenvalue weighted by Crippen LogP contribution is 2.27. The van der Waals surface area contributed by atoms with Gasteiger partial charge in [-0.3, -0.25) is 0 Å². The fourth-order valence-corrected chi connectivity index (χ4v) is 2.12. The number of rotatable bonds is 1. The van der Waals surface area contributed by atoms with Crippen molar-refractivity contribution in [3.8, 4) is 11.4 Å². The number of fused-ring (bicyclic) bond motifs is 1. The van der Waals surface area contributed by atoms with Gasteiger partial charge in [-0.25, -0.2) is 9.37 Å². The Hall–Kier alpha value is -1.87. The largest absolute Gasteiger partial charge is 0.338 e. The Morgan fingerprint density at radius 3 is 2.72 bits per heavy atom. The summed E-state index contributed by atoms with van der Waals surface area (Å²) in [4.78, 5) is 7.54. The van der Waals surface area contributed by atoms with Crippen molar-refractivity contribution in [2.45, 2.75) is 6.92 Å². The molecule has 0 spiro atoms. The predicted molar refractivity (Wildman–Crippen MR) is 71.2 cm³/mol. The van der Waals surface area contributed by atoms with Gasteiger partial charge in [0, 0.05) is 5.02 Å². The normalized spacial score (nSPS) is 11.1. The fourth-order valence-electron chi connectivity index (χ4n) is 1.97. The van der Waals surface area contributed by atoms with E-state index in [2.05, 4.69) is 9.97 Å². The Labute approximate surface area is 108 Å². The molecule has 4 heteroatoms. The quantitative estimate of drug-likeness (QED) is 0.693. The number of aromatic nitrogens is 2. The standard InChI is InChI=1S/C14H10ClFN2/c1-8-10(15)6-7-12-13(8)18-14(17-12)9-4-2-3-5-11(9)16/h2-7H,1H3,(H,17,18). The Balaban J connectivity index is 2.26. The van der Waals surface area contributed by atoms with E-state index in [0.717, 1.165) is 16.6 Å². The van der Waals surface area contributed by atoms with Gasteiger partial charge >= 0.3 is 0 Å². The smallest absolute Gasteiger partial charge is 0.141 e. The lowest BCUT2D eigenvalue weighted by Crippen LogP contribution is -1.85. The Bertz CT molecular complexity index is 734. The molecule has 90 valence electrons. The second kappa shape index (κ2) is 4.10. The molecule has 1 N–H and O–H groups in total. The van der Waals surface area contributed by atoms with Crippen molar-refractivity contribution in [3.05, 3.63) is 52.8 Å². The Morgan fingerprint density at radius 2 is 1.94 bits per heavy atom. The number of halogens is 2. The van der Waals surface area contributed by atoms with E-state index in [1.165, 1.54) is 6.07 Å². The van der Waals surface area contributed by atoms with Crippen molar-refractivity contribution >= 4 is 22.6 Å². The number of benzene rings is 2. The Morgan fingerprint density at radius 1 is 1.17 bits per heavy atom. The topological polar surface area (TPSA) is 28.7 Å². The first-order valence-electron chi connectivity index (χ1n) is 5.56. The maximum atomic E-state index is 13.7. The molecule has 3 rings (SSSR count). The highest BCUT2D eigenvalue weighted by atomic mass is 35.5. The monoisotopic (exact) mass is 260 g/mol. The van der Waals surface area contributed by atoms with E-state index in [9.17, 15) is 4.39 Å². The number of H-pyrrole nitrogens is 1. The van der Waals surface area contributed by atoms with E-state index in [-0.39, 0.29) is 5.82 Å². The summed E-state index contributed by atoms with van der Waals surface area (Å²) in [6.07, 6.45) is 0. The molecule has 0 atom stereocenters. The van der Waals surface area contributed by atoms with Crippen LogP contribution in [-0.2, 0) is 0 Å². The lowest BCUT2D eigenvalue weighted by molar-refractivity contribution is 0.630. The third kappa shape index (κ3) is 1.68. The van der Waals surface area contributed by atoms with Gasteiger partial charge in [0.1, 0.15) is 11.6 Å². The van der Waals surface area contributed by atoms with Crippen molar-refractivity contribution in [1.29, 1.82) is 0 Å². The van der Waals surface area contributed by atoms with E-state index in [0.29, 0.717) is 16.4 Å². The minimum Gasteiger partial charge on any atom is -0.338 e. The van der Waals surface area contributed by atoms with Gasteiger partial charge in [-0.15, -0.1) is 0 Å². The molecular weight excluding hydrogens is 251 g/mol. The van der Waals surface area contributed by atoms with E-state index in [1.807, 2.05) is 19.1 Å². The lowest BCUT2D eigenvalue weighted by atomic mass is 10.2. The average molecular weight is 261 g/mol. The number of aryl methyl sites for hydroxylation is 1. The first-order chi connectivity index (χ1) is 8.66. The highest BCUT2D eigenvalue weighted by Gasteiger charge is 2.11. The van der Waals surface area contributed by atoms with Crippen molar-refractivity contribution in [1.82, 2.24) is 9.97 Å². The van der Waals surface area contributed by atoms with Crippen LogP contribution in [-0.4, -0.2) is 9.97 Å². The molecule has 0 radical (unpaired) electrons. The van der Waals surface area contributed by atoms with E-state index >= 15 is 0 Å². The van der Waals surface area contributed by atoms with Crippen molar-refractivity contribution < 1.29 is 4.39 Å². The molecule has 0 aliphatic carbocycles. The summed E-state index contributed by atoms with van der Waals surface area (Å²) in [5.74, 6) is 0.230. The van der Waals surface area contributed by atoms with Crippen LogP contribution in [0.4, 0.5) is 4.39 Å². The molecule has 3 aromatic rings. The molecule has 0 aliphatic rings. The molecule has 0 saturated heterocycles. The van der Waals surface area contributed by atoms with Crippen LogP contribution in [0.3, 0.4) is 0 Å². The van der Waals surface area contributed by atoms with E-state index < -0.39 is 0 Å². The number of nitrogens with zero attached hydrogens (tertiary/aromatic N) is 1. The number of imidazole rings is 1. The van der Waals surface area contributed by atoms with Gasteiger partial charge in [-0.2, -0.15) is 0 Å². The first-order valence-corrected chi connectivity index (χ1v) is 5.94. The third-order valence-electron chi connectivity index (χ3n) is 2.97. The van der Waals surface area contributed by atoms with Crippen LogP contribution >= 0.6 is 11.6 Å². The number of nitrogens with one attached hydrogen (secondary N) is 1. The summed E-state index contributed by atoms with van der Waals surface area (Å²) in [6.45, 7) is 1.90. The molecule has 2 nitrogen and oxygen atoms in total. The molecule has 0 unspecified atom stereocenters. The molecule has 0 bridgehead atoms. The van der Waals surface area contributed by atoms with Gasteiger partial charge in [0.15, 0.2) is 0 Å². The molecule has 0 aliphatic heterocycles. The number of hydrogen-bond donors (Lipinski definition) is 1. The minimum absolute atomic E-state index is 0.291. The molecule has 0 amide bonds. The summed E-state index contributed by atoms with van der Waals surface area (Å²) in [6, 6.07) is 10.2. The molecule has 1 heterocycles. The SMILES string of the molecule is Cc1c(Cl)ccc2[nH]c(-c3ccccc3F)nc12. The van der Waals surface area contributed by atoms with Crippen LogP contribution < -0.4 is 0 Å². The summed E-state index contributed by atoms with van der Waals surface area (Å²) in [5.41, 5.74) is 2.99. The van der Waals surface area contributed by atoms with Crippen molar-refractivity contribution in [2.24, 2.45) is 0 Å². The van der Waals surface area contributed by atoms with Crippen LogP contribution in [0.5, 0.6) is 0 Å². The molecule has 0 fully saturated rings. The van der Waals surface area contributed by atoms with Crippen LogP contribution in [0.2, 0.25) is 5.02 Å². The zero-order valence-electron chi connectivity index (χ0n) is 9.67. The maximum absolute atomic E-state index is 13.7. The molecule has 2 aromatic carbocycles. The predicted octanol–water partition coefficient (Wildman–Crippen LogP) is 4.33. The minimum atomic E-state index is -0.291. The number of aromatic amines is 1. The second-order valence-corrected chi connectivity index (χ2v) is 4.54. The van der Waals surface area contributed by atoms with Gasteiger partial charge in [0.25, 0.3) is 0 Å². The summed E-state index contributed by atoms with van der Waals surface area (Å²) in [7, 11) is 0. The van der Waals surface area contributed by atoms with Crippen LogP contribution in [0.25, 0.3) is 22.4 Å².